The van der Waals surface area contributed by atoms with Crippen molar-refractivity contribution in [2.24, 2.45) is 17.8 Å². The normalized spacial score (nSPS) is 15.2. The van der Waals surface area contributed by atoms with Gasteiger partial charge in [0.15, 0.2) is 11.6 Å². The Hall–Kier alpha value is -7.15. The largest absolute Gasteiger partial charge is 0.508 e. The van der Waals surface area contributed by atoms with Gasteiger partial charge >= 0.3 is 5.69 Å². The number of carbonyl (C=O) groups is 5. The Labute approximate surface area is 445 Å². The fourth-order valence-corrected chi connectivity index (χ4v) is 9.46. The van der Waals surface area contributed by atoms with Crippen molar-refractivity contribution in [2.45, 2.75) is 117 Å². The first-order valence-corrected chi connectivity index (χ1v) is 26.5. The van der Waals surface area contributed by atoms with Gasteiger partial charge in [-0.05, 0) is 83.9 Å². The fourth-order valence-electron chi connectivity index (χ4n) is 9.46. The Morgan fingerprint density at radius 3 is 1.79 bits per heavy atom. The molecule has 2 heterocycles. The second-order valence-corrected chi connectivity index (χ2v) is 21.3. The van der Waals surface area contributed by atoms with Crippen molar-refractivity contribution >= 4 is 29.4 Å². The smallest absolute Gasteiger partial charge is 0.348 e. The number of carbonyl (C=O) groups excluding carboxylic acids is 5. The molecule has 5 atom stereocenters. The zero-order valence-corrected chi connectivity index (χ0v) is 44.9. The molecule has 76 heavy (non-hydrogen) atoms. The first-order valence-electron chi connectivity index (χ1n) is 26.5. The van der Waals surface area contributed by atoms with Gasteiger partial charge in [0.25, 0.3) is 0 Å². The molecule has 4 aromatic carbocycles. The number of Topliss-reactive ketones (excluding diaryl/α,β-unsaturated/α-hetero) is 1. The number of amides is 4. The molecule has 18 heteroatoms. The molecular formula is C58H77N9O9. The maximum absolute atomic E-state index is 14.4. The van der Waals surface area contributed by atoms with Crippen molar-refractivity contribution in [3.05, 3.63) is 130 Å². The highest BCUT2D eigenvalue weighted by molar-refractivity contribution is 5.96. The van der Waals surface area contributed by atoms with E-state index in [4.69, 9.17) is 0 Å². The van der Waals surface area contributed by atoms with Crippen LogP contribution in [0.5, 0.6) is 11.5 Å². The van der Waals surface area contributed by atoms with Crippen LogP contribution in [0.1, 0.15) is 95.9 Å². The second kappa shape index (κ2) is 27.6. The van der Waals surface area contributed by atoms with Crippen LogP contribution in [0.15, 0.2) is 102 Å². The predicted octanol–water partition coefficient (Wildman–Crippen LogP) is 4.98. The van der Waals surface area contributed by atoms with Gasteiger partial charge in [-0.2, -0.15) is 5.10 Å². The summed E-state index contributed by atoms with van der Waals surface area (Å²) in [5.74, 6) is -3.08. The SMILES string of the molecule is CC(C)C[C@H](NC(=O)[C@H](CCc1ccccc1)NC(=O)CN1CCN(Cc2ccc(-n3c(-c4cc(C(C)C)c(O)cc4O)n[nH]c3=O)cc2)CC1)C(=O)N[C@@H](Cc1ccccc1)C(=O)N[C@@H](CC(C)C)C(=O)[C@H](C)CO. The number of H-pyrrole nitrogens is 1. The molecule has 0 bridgehead atoms. The molecule has 0 radical (unpaired) electrons. The predicted molar refractivity (Wildman–Crippen MR) is 292 cm³/mol. The van der Waals surface area contributed by atoms with Crippen LogP contribution in [0.25, 0.3) is 17.1 Å². The van der Waals surface area contributed by atoms with Crippen LogP contribution in [0, 0.1) is 17.8 Å². The third-order valence-corrected chi connectivity index (χ3v) is 13.7. The number of phenols is 2. The summed E-state index contributed by atoms with van der Waals surface area (Å²) >= 11 is 0. The minimum absolute atomic E-state index is 0.0388. The molecule has 18 nitrogen and oxygen atoms in total. The molecule has 0 aliphatic carbocycles. The van der Waals surface area contributed by atoms with Gasteiger partial charge in [0.1, 0.15) is 29.6 Å². The van der Waals surface area contributed by atoms with Gasteiger partial charge < -0.3 is 36.6 Å². The molecule has 408 valence electrons. The van der Waals surface area contributed by atoms with Gasteiger partial charge in [-0.15, -0.1) is 0 Å². The number of aryl methyl sites for hydroxylation is 1. The molecule has 1 fully saturated rings. The van der Waals surface area contributed by atoms with E-state index in [0.29, 0.717) is 62.4 Å². The minimum atomic E-state index is -1.11. The number of aliphatic hydroxyl groups excluding tert-OH is 1. The molecular weight excluding hydrogens is 967 g/mol. The quantitative estimate of drug-likeness (QED) is 0.0365. The van der Waals surface area contributed by atoms with Crippen LogP contribution in [0.4, 0.5) is 0 Å². The number of aromatic hydroxyl groups is 2. The molecule has 0 unspecified atom stereocenters. The maximum Gasteiger partial charge on any atom is 0.348 e. The summed E-state index contributed by atoms with van der Waals surface area (Å²) in [6.45, 7) is 16.0. The Morgan fingerprint density at radius 1 is 0.632 bits per heavy atom. The number of aromatic amines is 1. The van der Waals surface area contributed by atoms with Gasteiger partial charge in [0.2, 0.25) is 23.6 Å². The third kappa shape index (κ3) is 16.4. The van der Waals surface area contributed by atoms with Gasteiger partial charge in [-0.3, -0.25) is 33.8 Å². The van der Waals surface area contributed by atoms with Crippen molar-refractivity contribution in [2.75, 3.05) is 39.3 Å². The third-order valence-electron chi connectivity index (χ3n) is 13.7. The van der Waals surface area contributed by atoms with E-state index in [1.807, 2.05) is 131 Å². The number of hydrogen-bond donors (Lipinski definition) is 8. The van der Waals surface area contributed by atoms with Crippen molar-refractivity contribution in [3.8, 4) is 28.6 Å². The number of hydrogen-bond acceptors (Lipinski definition) is 12. The molecule has 5 aromatic rings. The number of phenolic OH excluding ortho intramolecular Hbond substituents is 2. The van der Waals surface area contributed by atoms with E-state index in [2.05, 4.69) is 36.4 Å². The number of rotatable bonds is 26. The highest BCUT2D eigenvalue weighted by atomic mass is 16.3. The number of piperazine rings is 1. The van der Waals surface area contributed by atoms with Crippen LogP contribution < -0.4 is 27.0 Å². The van der Waals surface area contributed by atoms with Crippen molar-refractivity contribution in [1.29, 1.82) is 0 Å². The van der Waals surface area contributed by atoms with Crippen LogP contribution >= 0.6 is 0 Å². The van der Waals surface area contributed by atoms with Crippen LogP contribution in [0.2, 0.25) is 0 Å². The summed E-state index contributed by atoms with van der Waals surface area (Å²) in [5.41, 5.74) is 3.74. The number of aliphatic hydroxyl groups is 1. The summed E-state index contributed by atoms with van der Waals surface area (Å²) in [4.78, 5) is 87.3. The molecule has 1 aromatic heterocycles. The average Bonchev–Trinajstić information content (AvgIpc) is 3.77. The van der Waals surface area contributed by atoms with Crippen LogP contribution in [0.3, 0.4) is 0 Å². The van der Waals surface area contributed by atoms with E-state index < -0.39 is 53.5 Å². The number of nitrogens with zero attached hydrogens (tertiary/aromatic N) is 4. The van der Waals surface area contributed by atoms with Gasteiger partial charge in [0, 0.05) is 51.1 Å². The van der Waals surface area contributed by atoms with Gasteiger partial charge in [-0.25, -0.2) is 14.5 Å². The van der Waals surface area contributed by atoms with Gasteiger partial charge in [-0.1, -0.05) is 121 Å². The number of aromatic nitrogens is 3. The van der Waals surface area contributed by atoms with E-state index >= 15 is 0 Å². The topological polar surface area (TPSA) is 251 Å². The molecule has 0 saturated carbocycles. The Bertz CT molecular complexity index is 2770. The molecule has 1 aliphatic heterocycles. The van der Waals surface area contributed by atoms with E-state index in [1.54, 1.807) is 13.0 Å². The highest BCUT2D eigenvalue weighted by Gasteiger charge is 2.34. The number of ketones is 1. The maximum atomic E-state index is 14.4. The van der Waals surface area contributed by atoms with Crippen molar-refractivity contribution in [1.82, 2.24) is 45.8 Å². The number of nitrogens with one attached hydrogen (secondary N) is 5. The van der Waals surface area contributed by atoms with E-state index in [9.17, 15) is 44.1 Å². The first-order chi connectivity index (χ1) is 36.3. The van der Waals surface area contributed by atoms with E-state index in [-0.39, 0.29) is 79.2 Å². The van der Waals surface area contributed by atoms with E-state index in [1.165, 1.54) is 10.6 Å². The first kappa shape index (κ1) is 58.1. The molecule has 8 N–H and O–H groups in total. The summed E-state index contributed by atoms with van der Waals surface area (Å²) in [5, 5.41) is 49.2. The minimum Gasteiger partial charge on any atom is -0.508 e. The lowest BCUT2D eigenvalue weighted by molar-refractivity contribution is -0.135. The zero-order valence-electron chi connectivity index (χ0n) is 44.9. The highest BCUT2D eigenvalue weighted by Crippen LogP contribution is 2.37. The fraction of sp³-hybridized carbons (Fsp3) is 0.466. The Morgan fingerprint density at radius 2 is 1.18 bits per heavy atom. The molecule has 1 aliphatic rings. The van der Waals surface area contributed by atoms with E-state index in [0.717, 1.165) is 16.7 Å². The summed E-state index contributed by atoms with van der Waals surface area (Å²) in [6.07, 6.45) is 1.43. The zero-order chi connectivity index (χ0) is 55.1. The standard InChI is InChI=1S/C58H77N9O9/c1-36(2)28-47(53(72)39(7)35-68)60-57(75)49(30-41-16-12-9-13-17-41)62-56(74)48(29-37(3)4)61-55(73)46(23-20-40-14-10-8-11-15-40)59-52(71)34-66-26-24-65(25-27-66)33-42-18-21-43(22-19-42)67-54(63-64-58(67)76)45-31-44(38(5)6)50(69)32-51(45)70/h8-19,21-22,31-32,36-39,46-49,68-70H,20,23-30,33-35H2,1-7H3,(H,59,71)(H,60,75)(H,61,73)(H,62,74)(H,64,76)/t39-,46+,47+,48+,49+/m1/s1. The monoisotopic (exact) mass is 1040 g/mol. The molecule has 4 amide bonds. The van der Waals surface area contributed by atoms with Crippen molar-refractivity contribution in [3.63, 3.8) is 0 Å². The molecule has 0 spiro atoms. The van der Waals surface area contributed by atoms with Crippen molar-refractivity contribution < 1.29 is 39.3 Å². The second-order valence-electron chi connectivity index (χ2n) is 21.3. The summed E-state index contributed by atoms with van der Waals surface area (Å²) < 4.78 is 1.38. The Balaban J connectivity index is 1.09. The Kier molecular flexibility index (Phi) is 21.1. The molecule has 6 rings (SSSR count). The lowest BCUT2D eigenvalue weighted by atomic mass is 9.93. The molecule has 1 saturated heterocycles. The lowest BCUT2D eigenvalue weighted by Gasteiger charge is -2.34. The lowest BCUT2D eigenvalue weighted by Crippen LogP contribution is -2.59. The summed E-state index contributed by atoms with van der Waals surface area (Å²) in [6, 6.07) is 25.2. The van der Waals surface area contributed by atoms with Gasteiger partial charge in [0.05, 0.1) is 30.4 Å². The van der Waals surface area contributed by atoms with Crippen LogP contribution in [-0.2, 0) is 43.4 Å². The number of benzene rings is 4. The summed E-state index contributed by atoms with van der Waals surface area (Å²) in [7, 11) is 0. The van der Waals surface area contributed by atoms with Crippen LogP contribution in [-0.4, -0.2) is 133 Å². The average molecular weight is 1040 g/mol.